The largest absolute Gasteiger partial charge is 0.354 e. The van der Waals surface area contributed by atoms with E-state index in [4.69, 9.17) is 0 Å². The predicted octanol–water partition coefficient (Wildman–Crippen LogP) is 2.92. The number of aliphatic imine (C=N–C) groups is 1. The maximum absolute atomic E-state index is 11.2. The highest BCUT2D eigenvalue weighted by atomic mass is 127. The molecule has 0 spiro atoms. The van der Waals surface area contributed by atoms with Crippen LogP contribution in [0.1, 0.15) is 19.0 Å². The summed E-state index contributed by atoms with van der Waals surface area (Å²) in [5.41, 5.74) is 2.05. The normalized spacial score (nSPS) is 13.0. The van der Waals surface area contributed by atoms with Gasteiger partial charge in [-0.2, -0.15) is 0 Å². The molecule has 144 valence electrons. The van der Waals surface area contributed by atoms with E-state index >= 15 is 0 Å². The van der Waals surface area contributed by atoms with E-state index in [-0.39, 0.29) is 35.8 Å². The Balaban J connectivity index is 0.00000338. The van der Waals surface area contributed by atoms with Gasteiger partial charge in [0.25, 0.3) is 0 Å². The molecule has 6 nitrogen and oxygen atoms in total. The van der Waals surface area contributed by atoms with Gasteiger partial charge in [0.1, 0.15) is 14.8 Å². The van der Waals surface area contributed by atoms with E-state index in [9.17, 15) is 8.42 Å². The fraction of sp³-hybridized carbons (Fsp3) is 0.412. The monoisotopic (exact) mass is 508 g/mol. The lowest BCUT2D eigenvalue weighted by Gasteiger charge is -2.17. The van der Waals surface area contributed by atoms with Crippen LogP contribution >= 0.6 is 35.3 Å². The highest BCUT2D eigenvalue weighted by molar-refractivity contribution is 14.0. The van der Waals surface area contributed by atoms with Crippen molar-refractivity contribution in [3.63, 3.8) is 0 Å². The molecule has 1 heterocycles. The quantitative estimate of drug-likeness (QED) is 0.342. The number of nitrogens with one attached hydrogen (secondary N) is 2. The summed E-state index contributed by atoms with van der Waals surface area (Å²) in [4.78, 5) is 8.80. The van der Waals surface area contributed by atoms with Crippen molar-refractivity contribution < 1.29 is 8.42 Å². The summed E-state index contributed by atoms with van der Waals surface area (Å²) in [7, 11) is -1.26. The fourth-order valence-corrected chi connectivity index (χ4v) is 3.77. The number of aromatic nitrogens is 1. The minimum atomic E-state index is -2.95. The van der Waals surface area contributed by atoms with E-state index in [0.717, 1.165) is 16.3 Å². The van der Waals surface area contributed by atoms with Crippen LogP contribution in [0.3, 0.4) is 0 Å². The molecular formula is C17H25IN4O2S2. The number of guanidine groups is 1. The number of halogens is 1. The molecule has 0 aliphatic carbocycles. The van der Waals surface area contributed by atoms with E-state index in [2.05, 4.69) is 20.6 Å². The van der Waals surface area contributed by atoms with Crippen LogP contribution in [-0.2, 0) is 16.4 Å². The minimum absolute atomic E-state index is 0. The van der Waals surface area contributed by atoms with Crippen LogP contribution in [0.25, 0.3) is 10.6 Å². The molecule has 0 saturated heterocycles. The van der Waals surface area contributed by atoms with E-state index in [0.29, 0.717) is 18.9 Å². The molecule has 26 heavy (non-hydrogen) atoms. The van der Waals surface area contributed by atoms with Crippen molar-refractivity contribution in [2.24, 2.45) is 4.99 Å². The third-order valence-corrected chi connectivity index (χ3v) is 5.46. The number of hydrogen-bond acceptors (Lipinski definition) is 5. The molecule has 0 aliphatic heterocycles. The molecule has 9 heteroatoms. The third kappa shape index (κ3) is 8.00. The van der Waals surface area contributed by atoms with Crippen molar-refractivity contribution in [2.75, 3.05) is 19.1 Å². The zero-order valence-electron chi connectivity index (χ0n) is 15.1. The van der Waals surface area contributed by atoms with Crippen LogP contribution in [0.15, 0.2) is 40.7 Å². The molecule has 1 unspecified atom stereocenters. The molecule has 1 aromatic carbocycles. The maximum atomic E-state index is 11.2. The lowest BCUT2D eigenvalue weighted by Crippen LogP contribution is -2.42. The SMILES string of the molecule is CN=C(NCc1csc(-c2ccccc2)n1)NC(C)CCS(C)(=O)=O.I. The molecule has 0 radical (unpaired) electrons. The topological polar surface area (TPSA) is 83.4 Å². The Morgan fingerprint density at radius 1 is 1.31 bits per heavy atom. The number of rotatable bonds is 7. The molecule has 0 saturated carbocycles. The van der Waals surface area contributed by atoms with E-state index < -0.39 is 9.84 Å². The molecule has 2 N–H and O–H groups in total. The van der Waals surface area contributed by atoms with Crippen molar-refractivity contribution >= 4 is 51.1 Å². The van der Waals surface area contributed by atoms with Crippen molar-refractivity contribution in [1.82, 2.24) is 15.6 Å². The van der Waals surface area contributed by atoms with E-state index in [1.165, 1.54) is 6.26 Å². The number of thiazole rings is 1. The van der Waals surface area contributed by atoms with E-state index in [1.807, 2.05) is 42.6 Å². The van der Waals surface area contributed by atoms with E-state index in [1.54, 1.807) is 18.4 Å². The summed E-state index contributed by atoms with van der Waals surface area (Å²) < 4.78 is 22.5. The van der Waals surface area contributed by atoms with Crippen LogP contribution in [0.5, 0.6) is 0 Å². The van der Waals surface area contributed by atoms with Gasteiger partial charge >= 0.3 is 0 Å². The molecule has 1 atom stereocenters. The molecule has 0 fully saturated rings. The Kier molecular flexibility index (Phi) is 9.51. The van der Waals surface area contributed by atoms with Gasteiger partial charge in [-0.15, -0.1) is 35.3 Å². The number of hydrogen-bond donors (Lipinski definition) is 2. The maximum Gasteiger partial charge on any atom is 0.191 e. The lowest BCUT2D eigenvalue weighted by molar-refractivity contribution is 0.581. The van der Waals surface area contributed by atoms with Gasteiger partial charge in [-0.3, -0.25) is 4.99 Å². The van der Waals surface area contributed by atoms with Gasteiger partial charge in [-0.25, -0.2) is 13.4 Å². The molecule has 0 aliphatic rings. The minimum Gasteiger partial charge on any atom is -0.354 e. The molecular weight excluding hydrogens is 483 g/mol. The standard InChI is InChI=1S/C17H24N4O2S2.HI/c1-13(9-10-25(3,22)23)20-17(18-2)19-11-15-12-24-16(21-15)14-7-5-4-6-8-14;/h4-8,12-13H,9-11H2,1-3H3,(H2,18,19,20);1H. The van der Waals surface area contributed by atoms with Gasteiger partial charge in [-0.1, -0.05) is 30.3 Å². The zero-order valence-corrected chi connectivity index (χ0v) is 19.1. The summed E-state index contributed by atoms with van der Waals surface area (Å²) in [6.07, 6.45) is 1.79. The number of benzene rings is 1. The molecule has 0 bridgehead atoms. The Labute approximate surface area is 176 Å². The van der Waals surface area contributed by atoms with Gasteiger partial charge in [0.05, 0.1) is 18.0 Å². The summed E-state index contributed by atoms with van der Waals surface area (Å²) in [6.45, 7) is 2.50. The molecule has 1 aromatic heterocycles. The van der Waals surface area contributed by atoms with Gasteiger partial charge in [-0.05, 0) is 13.3 Å². The second kappa shape index (κ2) is 10.8. The first kappa shape index (κ1) is 22.8. The second-order valence-electron chi connectivity index (χ2n) is 5.90. The number of sulfone groups is 1. The Bertz CT molecular complexity index is 807. The summed E-state index contributed by atoms with van der Waals surface area (Å²) in [6, 6.07) is 10.1. The summed E-state index contributed by atoms with van der Waals surface area (Å²) in [5.74, 6) is 0.792. The van der Waals surface area contributed by atoms with Crippen LogP contribution < -0.4 is 10.6 Å². The van der Waals surface area contributed by atoms with Gasteiger partial charge in [0.15, 0.2) is 5.96 Å². The van der Waals surface area contributed by atoms with Crippen molar-refractivity contribution in [1.29, 1.82) is 0 Å². The van der Waals surface area contributed by atoms with Crippen LogP contribution in [0.4, 0.5) is 0 Å². The summed E-state index contributed by atoms with van der Waals surface area (Å²) >= 11 is 1.61. The van der Waals surface area contributed by atoms with Gasteiger partial charge < -0.3 is 10.6 Å². The van der Waals surface area contributed by atoms with Gasteiger partial charge in [0, 0.05) is 30.3 Å². The van der Waals surface area contributed by atoms with Crippen molar-refractivity contribution in [3.8, 4) is 10.6 Å². The zero-order chi connectivity index (χ0) is 18.3. The Morgan fingerprint density at radius 2 is 2.00 bits per heavy atom. The second-order valence-corrected chi connectivity index (χ2v) is 9.02. The number of nitrogens with zero attached hydrogens (tertiary/aromatic N) is 2. The summed E-state index contributed by atoms with van der Waals surface area (Å²) in [5, 5.41) is 9.42. The van der Waals surface area contributed by atoms with Crippen molar-refractivity contribution in [2.45, 2.75) is 25.9 Å². The first-order valence-corrected chi connectivity index (χ1v) is 11.0. The first-order valence-electron chi connectivity index (χ1n) is 8.02. The first-order chi connectivity index (χ1) is 11.9. The van der Waals surface area contributed by atoms with Crippen LogP contribution in [0.2, 0.25) is 0 Å². The predicted molar refractivity (Wildman–Crippen MR) is 120 cm³/mol. The van der Waals surface area contributed by atoms with Crippen LogP contribution in [0, 0.1) is 0 Å². The van der Waals surface area contributed by atoms with Gasteiger partial charge in [0.2, 0.25) is 0 Å². The average molecular weight is 508 g/mol. The Morgan fingerprint density at radius 3 is 2.62 bits per heavy atom. The lowest BCUT2D eigenvalue weighted by atomic mass is 10.2. The Hall–Kier alpha value is -1.20. The average Bonchev–Trinajstić information content (AvgIpc) is 3.06. The van der Waals surface area contributed by atoms with Crippen LogP contribution in [-0.4, -0.2) is 44.5 Å². The van der Waals surface area contributed by atoms with Crippen molar-refractivity contribution in [3.05, 3.63) is 41.4 Å². The fourth-order valence-electron chi connectivity index (χ4n) is 2.17. The highest BCUT2D eigenvalue weighted by Crippen LogP contribution is 2.23. The molecule has 2 rings (SSSR count). The smallest absolute Gasteiger partial charge is 0.191 e. The third-order valence-electron chi connectivity index (χ3n) is 3.54. The molecule has 0 amide bonds. The highest BCUT2D eigenvalue weighted by Gasteiger charge is 2.10. The molecule has 2 aromatic rings.